The van der Waals surface area contributed by atoms with Crippen LogP contribution in [0.4, 0.5) is 0 Å². The van der Waals surface area contributed by atoms with E-state index in [2.05, 4.69) is 23.2 Å². The van der Waals surface area contributed by atoms with Gasteiger partial charge in [0.05, 0.1) is 6.07 Å². The minimum Gasteiger partial charge on any atom is -0.298 e. The number of fused-ring (bicyclic) bond motifs is 1. The lowest BCUT2D eigenvalue weighted by Crippen LogP contribution is -2.55. The van der Waals surface area contributed by atoms with Gasteiger partial charge in [-0.25, -0.2) is 0 Å². The normalized spacial score (nSPS) is 36.1. The lowest BCUT2D eigenvalue weighted by atomic mass is 9.86. The first-order valence-electron chi connectivity index (χ1n) is 6.23. The molecule has 2 unspecified atom stereocenters. The van der Waals surface area contributed by atoms with E-state index in [1.54, 1.807) is 0 Å². The van der Waals surface area contributed by atoms with Crippen LogP contribution in [0.2, 0.25) is 0 Å². The van der Waals surface area contributed by atoms with E-state index in [4.69, 9.17) is 0 Å². The summed E-state index contributed by atoms with van der Waals surface area (Å²) in [7, 11) is 0. The van der Waals surface area contributed by atoms with E-state index < -0.39 is 0 Å². The molecule has 84 valence electrons. The molecule has 0 aromatic rings. The maximum absolute atomic E-state index is 9.44. The topological polar surface area (TPSA) is 39.1 Å². The standard InChI is InChI=1S/C12H21N3/c1-2-7-14-12(10-13)6-9-15-8-4-3-5-11(12)15/h11,14H,2-9H2,1H3. The Morgan fingerprint density at radius 2 is 2.33 bits per heavy atom. The molecule has 3 nitrogen and oxygen atoms in total. The first-order chi connectivity index (χ1) is 7.32. The molecule has 0 aromatic carbocycles. The Morgan fingerprint density at radius 3 is 3.07 bits per heavy atom. The molecule has 0 amide bonds. The molecular formula is C12H21N3. The lowest BCUT2D eigenvalue weighted by molar-refractivity contribution is 0.160. The van der Waals surface area contributed by atoms with Gasteiger partial charge in [0.2, 0.25) is 0 Å². The van der Waals surface area contributed by atoms with E-state index in [1.807, 2.05) is 0 Å². The first-order valence-corrected chi connectivity index (χ1v) is 6.23. The van der Waals surface area contributed by atoms with Gasteiger partial charge in [-0.15, -0.1) is 0 Å². The van der Waals surface area contributed by atoms with Crippen LogP contribution < -0.4 is 5.32 Å². The summed E-state index contributed by atoms with van der Waals surface area (Å²) in [6, 6.07) is 3.03. The maximum atomic E-state index is 9.44. The molecule has 1 N–H and O–H groups in total. The number of nitrogens with zero attached hydrogens (tertiary/aromatic N) is 2. The zero-order valence-corrected chi connectivity index (χ0v) is 9.63. The highest BCUT2D eigenvalue weighted by molar-refractivity contribution is 5.19. The highest BCUT2D eigenvalue weighted by Gasteiger charge is 2.47. The van der Waals surface area contributed by atoms with Crippen LogP contribution in [-0.2, 0) is 0 Å². The maximum Gasteiger partial charge on any atom is 0.123 e. The van der Waals surface area contributed by atoms with E-state index in [-0.39, 0.29) is 5.54 Å². The fourth-order valence-electron chi connectivity index (χ4n) is 3.03. The van der Waals surface area contributed by atoms with Crippen LogP contribution in [-0.4, -0.2) is 36.1 Å². The number of nitriles is 1. The smallest absolute Gasteiger partial charge is 0.123 e. The molecule has 0 saturated carbocycles. The Balaban J connectivity index is 2.08. The Hall–Kier alpha value is -0.590. The molecule has 2 saturated heterocycles. The van der Waals surface area contributed by atoms with Gasteiger partial charge in [-0.2, -0.15) is 5.26 Å². The van der Waals surface area contributed by atoms with Crippen molar-refractivity contribution < 1.29 is 0 Å². The molecule has 15 heavy (non-hydrogen) atoms. The number of hydrogen-bond acceptors (Lipinski definition) is 3. The quantitative estimate of drug-likeness (QED) is 0.762. The molecular weight excluding hydrogens is 186 g/mol. The zero-order valence-electron chi connectivity index (χ0n) is 9.63. The predicted molar refractivity (Wildman–Crippen MR) is 60.5 cm³/mol. The fourth-order valence-corrected chi connectivity index (χ4v) is 3.03. The number of piperidine rings is 1. The molecule has 2 heterocycles. The molecule has 0 aliphatic carbocycles. The lowest BCUT2D eigenvalue weighted by Gasteiger charge is -2.37. The summed E-state index contributed by atoms with van der Waals surface area (Å²) in [4.78, 5) is 2.51. The summed E-state index contributed by atoms with van der Waals surface area (Å²) in [6.07, 6.45) is 5.92. The Labute approximate surface area is 92.4 Å². The van der Waals surface area contributed by atoms with Crippen LogP contribution in [0, 0.1) is 11.3 Å². The van der Waals surface area contributed by atoms with Gasteiger partial charge in [0.15, 0.2) is 0 Å². The van der Waals surface area contributed by atoms with Crippen LogP contribution in [0.25, 0.3) is 0 Å². The number of nitrogens with one attached hydrogen (secondary N) is 1. The fraction of sp³-hybridized carbons (Fsp3) is 0.917. The van der Waals surface area contributed by atoms with Crippen LogP contribution in [0.1, 0.15) is 39.0 Å². The minimum atomic E-state index is -0.240. The van der Waals surface area contributed by atoms with Crippen molar-refractivity contribution >= 4 is 0 Å². The van der Waals surface area contributed by atoms with E-state index >= 15 is 0 Å². The third-order valence-electron chi connectivity index (χ3n) is 3.87. The van der Waals surface area contributed by atoms with E-state index in [0.29, 0.717) is 6.04 Å². The van der Waals surface area contributed by atoms with Gasteiger partial charge in [0, 0.05) is 12.6 Å². The monoisotopic (exact) mass is 207 g/mol. The zero-order chi connectivity index (χ0) is 10.7. The molecule has 2 fully saturated rings. The summed E-state index contributed by atoms with van der Waals surface area (Å²) in [5.41, 5.74) is -0.240. The number of rotatable bonds is 3. The first kappa shape index (κ1) is 10.9. The Kier molecular flexibility index (Phi) is 3.28. The summed E-state index contributed by atoms with van der Waals surface area (Å²) in [5.74, 6) is 0. The molecule has 2 aliphatic heterocycles. The summed E-state index contributed by atoms with van der Waals surface area (Å²) < 4.78 is 0. The average Bonchev–Trinajstić information content (AvgIpc) is 2.66. The number of hydrogen-bond donors (Lipinski definition) is 1. The largest absolute Gasteiger partial charge is 0.298 e. The average molecular weight is 207 g/mol. The van der Waals surface area contributed by atoms with Crippen molar-refractivity contribution in [1.29, 1.82) is 5.26 Å². The van der Waals surface area contributed by atoms with Gasteiger partial charge >= 0.3 is 0 Å². The van der Waals surface area contributed by atoms with E-state index in [9.17, 15) is 5.26 Å². The second-order valence-electron chi connectivity index (χ2n) is 4.81. The van der Waals surface area contributed by atoms with Crippen molar-refractivity contribution in [3.8, 4) is 6.07 Å². The van der Waals surface area contributed by atoms with Gasteiger partial charge in [0.1, 0.15) is 5.54 Å². The van der Waals surface area contributed by atoms with Gasteiger partial charge in [-0.05, 0) is 38.8 Å². The molecule has 2 atom stereocenters. The summed E-state index contributed by atoms with van der Waals surface area (Å²) >= 11 is 0. The second-order valence-corrected chi connectivity index (χ2v) is 4.81. The molecule has 2 aliphatic rings. The highest BCUT2D eigenvalue weighted by atomic mass is 15.2. The van der Waals surface area contributed by atoms with Crippen molar-refractivity contribution in [2.24, 2.45) is 0 Å². The van der Waals surface area contributed by atoms with Crippen molar-refractivity contribution in [2.45, 2.75) is 50.6 Å². The van der Waals surface area contributed by atoms with E-state index in [1.165, 1.54) is 25.8 Å². The van der Waals surface area contributed by atoms with Gasteiger partial charge in [-0.1, -0.05) is 13.3 Å². The van der Waals surface area contributed by atoms with Crippen molar-refractivity contribution in [3.63, 3.8) is 0 Å². The van der Waals surface area contributed by atoms with Gasteiger partial charge in [-0.3, -0.25) is 10.2 Å². The molecule has 0 bridgehead atoms. The van der Waals surface area contributed by atoms with Crippen LogP contribution >= 0.6 is 0 Å². The van der Waals surface area contributed by atoms with Crippen molar-refractivity contribution in [1.82, 2.24) is 10.2 Å². The molecule has 3 heteroatoms. The van der Waals surface area contributed by atoms with Gasteiger partial charge in [0.25, 0.3) is 0 Å². The molecule has 0 radical (unpaired) electrons. The van der Waals surface area contributed by atoms with Gasteiger partial charge < -0.3 is 0 Å². The highest BCUT2D eigenvalue weighted by Crippen LogP contribution is 2.34. The van der Waals surface area contributed by atoms with Crippen LogP contribution in [0.5, 0.6) is 0 Å². The molecule has 0 spiro atoms. The van der Waals surface area contributed by atoms with Crippen molar-refractivity contribution in [2.75, 3.05) is 19.6 Å². The second kappa shape index (κ2) is 4.51. The third kappa shape index (κ3) is 1.89. The minimum absolute atomic E-state index is 0.240. The Bertz CT molecular complexity index is 258. The van der Waals surface area contributed by atoms with Crippen LogP contribution in [0.15, 0.2) is 0 Å². The Morgan fingerprint density at radius 1 is 1.47 bits per heavy atom. The predicted octanol–water partition coefficient (Wildman–Crippen LogP) is 1.51. The third-order valence-corrected chi connectivity index (χ3v) is 3.87. The molecule has 2 rings (SSSR count). The van der Waals surface area contributed by atoms with Crippen LogP contribution in [0.3, 0.4) is 0 Å². The summed E-state index contributed by atoms with van der Waals surface area (Å²) in [5, 5.41) is 12.9. The SMILES string of the molecule is CCCNC1(C#N)CCN2CCCCC21. The van der Waals surface area contributed by atoms with Crippen molar-refractivity contribution in [3.05, 3.63) is 0 Å². The molecule has 0 aromatic heterocycles. The van der Waals surface area contributed by atoms with E-state index in [0.717, 1.165) is 25.9 Å². The summed E-state index contributed by atoms with van der Waals surface area (Å²) in [6.45, 7) is 5.43.